The van der Waals surface area contributed by atoms with Crippen LogP contribution < -0.4 is 26.6 Å². The molecule has 1 heterocycles. The summed E-state index contributed by atoms with van der Waals surface area (Å²) < 4.78 is 3.98. The molecule has 0 saturated heterocycles. The lowest BCUT2D eigenvalue weighted by atomic mass is 10.0. The maximum atomic E-state index is 14.0. The minimum absolute atomic E-state index is 0.0217. The van der Waals surface area contributed by atoms with Gasteiger partial charge in [0.15, 0.2) is 5.69 Å². The van der Waals surface area contributed by atoms with E-state index in [0.717, 1.165) is 22.8 Å². The molecule has 0 aliphatic rings. The molecular formula is C28H28N6O3S. The van der Waals surface area contributed by atoms with Crippen LogP contribution in [-0.2, 0) is 11.3 Å². The number of benzene rings is 3. The van der Waals surface area contributed by atoms with E-state index in [4.69, 9.17) is 11.5 Å². The van der Waals surface area contributed by atoms with Gasteiger partial charge in [-0.1, -0.05) is 60.7 Å². The first-order chi connectivity index (χ1) is 18.3. The highest BCUT2D eigenvalue weighted by Gasteiger charge is 2.36. The number of carbonyl (C=O) groups is 3. The molecule has 0 fully saturated rings. The molecule has 3 aromatic carbocycles. The largest absolute Gasteiger partial charge is 0.395 e. The van der Waals surface area contributed by atoms with Gasteiger partial charge in [0, 0.05) is 32.0 Å². The van der Waals surface area contributed by atoms with Crippen LogP contribution in [0.1, 0.15) is 37.3 Å². The summed E-state index contributed by atoms with van der Waals surface area (Å²) in [6.07, 6.45) is 0. The topological polar surface area (TPSA) is 135 Å². The van der Waals surface area contributed by atoms with Crippen LogP contribution in [-0.4, -0.2) is 36.2 Å². The van der Waals surface area contributed by atoms with Crippen molar-refractivity contribution in [2.75, 3.05) is 29.6 Å². The smallest absolute Gasteiger partial charge is 0.273 e. The summed E-state index contributed by atoms with van der Waals surface area (Å²) >= 11 is 0.771. The average Bonchev–Trinajstić information content (AvgIpc) is 3.32. The number of hydrogen-bond acceptors (Lipinski definition) is 7. The molecule has 0 saturated carbocycles. The van der Waals surface area contributed by atoms with Gasteiger partial charge in [-0.25, -0.2) is 0 Å². The molecule has 1 unspecified atom stereocenters. The fourth-order valence-corrected chi connectivity index (χ4v) is 4.71. The van der Waals surface area contributed by atoms with E-state index in [1.165, 1.54) is 4.90 Å². The summed E-state index contributed by atoms with van der Waals surface area (Å²) in [7, 11) is 3.84. The van der Waals surface area contributed by atoms with Gasteiger partial charge in [-0.3, -0.25) is 19.3 Å². The van der Waals surface area contributed by atoms with Gasteiger partial charge in [0.1, 0.15) is 10.9 Å². The van der Waals surface area contributed by atoms with Crippen LogP contribution in [0.2, 0.25) is 0 Å². The molecule has 1 aromatic heterocycles. The number of amides is 3. The quantitative estimate of drug-likeness (QED) is 0.304. The number of para-hydroxylation sites is 1. The number of carbonyl (C=O) groups excluding carboxylic acids is 3. The van der Waals surface area contributed by atoms with Crippen molar-refractivity contribution in [3.8, 4) is 0 Å². The predicted molar refractivity (Wildman–Crippen MR) is 150 cm³/mol. The Bertz CT molecular complexity index is 1420. The van der Waals surface area contributed by atoms with Gasteiger partial charge >= 0.3 is 0 Å². The molecule has 38 heavy (non-hydrogen) atoms. The molecular weight excluding hydrogens is 500 g/mol. The van der Waals surface area contributed by atoms with Gasteiger partial charge < -0.3 is 21.7 Å². The summed E-state index contributed by atoms with van der Waals surface area (Å²) in [6, 6.07) is 24.7. The number of hydrogen-bond donors (Lipinski definition) is 3. The third-order valence-corrected chi connectivity index (χ3v) is 6.80. The van der Waals surface area contributed by atoms with Gasteiger partial charge in [-0.05, 0) is 46.9 Å². The molecule has 0 radical (unpaired) electrons. The Labute approximate surface area is 224 Å². The second-order valence-electron chi connectivity index (χ2n) is 8.74. The van der Waals surface area contributed by atoms with E-state index in [1.807, 2.05) is 79.7 Å². The highest BCUT2D eigenvalue weighted by Crippen LogP contribution is 2.33. The van der Waals surface area contributed by atoms with Crippen molar-refractivity contribution >= 4 is 46.3 Å². The van der Waals surface area contributed by atoms with Crippen LogP contribution in [0, 0.1) is 0 Å². The fraction of sp³-hybridized carbons (Fsp3) is 0.143. The van der Waals surface area contributed by atoms with E-state index in [1.54, 1.807) is 24.3 Å². The van der Waals surface area contributed by atoms with Crippen LogP contribution >= 0.6 is 11.5 Å². The molecule has 4 aromatic rings. The molecule has 5 N–H and O–H groups in total. The van der Waals surface area contributed by atoms with Crippen molar-refractivity contribution in [2.24, 2.45) is 5.73 Å². The molecule has 194 valence electrons. The Morgan fingerprint density at radius 3 is 2.05 bits per heavy atom. The first kappa shape index (κ1) is 26.4. The zero-order valence-corrected chi connectivity index (χ0v) is 21.8. The summed E-state index contributed by atoms with van der Waals surface area (Å²) in [6.45, 7) is 0.275. The second-order valence-corrected chi connectivity index (χ2v) is 9.51. The maximum absolute atomic E-state index is 14.0. The SMILES string of the molecule is CN(C)c1ccc(C(C(=O)NCc2ccccc2)N(C(=O)c2snc(C(N)=O)c2N)c2ccccc2)cc1. The minimum Gasteiger partial charge on any atom is -0.395 e. The van der Waals surface area contributed by atoms with E-state index in [0.29, 0.717) is 11.3 Å². The Hall–Kier alpha value is -4.70. The number of nitrogens with one attached hydrogen (secondary N) is 1. The van der Waals surface area contributed by atoms with Gasteiger partial charge in [0.2, 0.25) is 5.91 Å². The fourth-order valence-electron chi connectivity index (χ4n) is 3.96. The van der Waals surface area contributed by atoms with Crippen LogP contribution in [0.3, 0.4) is 0 Å². The number of nitrogen functional groups attached to an aromatic ring is 1. The van der Waals surface area contributed by atoms with E-state index in [2.05, 4.69) is 9.69 Å². The Balaban J connectivity index is 1.81. The first-order valence-electron chi connectivity index (χ1n) is 11.8. The Kier molecular flexibility index (Phi) is 8.03. The number of anilines is 3. The average molecular weight is 529 g/mol. The number of nitrogens with two attached hydrogens (primary N) is 2. The normalized spacial score (nSPS) is 11.4. The molecule has 3 amide bonds. The first-order valence-corrected chi connectivity index (χ1v) is 12.6. The zero-order valence-electron chi connectivity index (χ0n) is 21.0. The maximum Gasteiger partial charge on any atom is 0.273 e. The van der Waals surface area contributed by atoms with Crippen molar-refractivity contribution in [1.82, 2.24) is 9.69 Å². The highest BCUT2D eigenvalue weighted by molar-refractivity contribution is 7.09. The van der Waals surface area contributed by atoms with Gasteiger partial charge in [0.05, 0.1) is 5.69 Å². The zero-order chi connectivity index (χ0) is 27.2. The number of primary amides is 1. The lowest BCUT2D eigenvalue weighted by Gasteiger charge is -2.31. The van der Waals surface area contributed by atoms with Gasteiger partial charge in [-0.15, -0.1) is 0 Å². The van der Waals surface area contributed by atoms with E-state index in [-0.39, 0.29) is 28.7 Å². The second kappa shape index (κ2) is 11.6. The lowest BCUT2D eigenvalue weighted by molar-refractivity contribution is -0.122. The van der Waals surface area contributed by atoms with Gasteiger partial charge in [-0.2, -0.15) is 4.37 Å². The number of aromatic nitrogens is 1. The molecule has 4 rings (SSSR count). The van der Waals surface area contributed by atoms with Crippen molar-refractivity contribution in [2.45, 2.75) is 12.6 Å². The monoisotopic (exact) mass is 528 g/mol. The summed E-state index contributed by atoms with van der Waals surface area (Å²) in [4.78, 5) is 43.0. The Morgan fingerprint density at radius 2 is 1.50 bits per heavy atom. The van der Waals surface area contributed by atoms with Crippen LogP contribution in [0.15, 0.2) is 84.9 Å². The minimum atomic E-state index is -1.05. The van der Waals surface area contributed by atoms with E-state index in [9.17, 15) is 14.4 Å². The molecule has 0 aliphatic heterocycles. The van der Waals surface area contributed by atoms with Crippen molar-refractivity contribution in [3.63, 3.8) is 0 Å². The number of nitrogens with zero attached hydrogens (tertiary/aromatic N) is 3. The van der Waals surface area contributed by atoms with Gasteiger partial charge in [0.25, 0.3) is 11.8 Å². The van der Waals surface area contributed by atoms with E-state index < -0.39 is 17.9 Å². The molecule has 0 spiro atoms. The Morgan fingerprint density at radius 1 is 0.895 bits per heavy atom. The summed E-state index contributed by atoms with van der Waals surface area (Å²) in [5.74, 6) is -1.79. The molecule has 10 heteroatoms. The van der Waals surface area contributed by atoms with E-state index >= 15 is 0 Å². The highest BCUT2D eigenvalue weighted by atomic mass is 32.1. The standard InChI is InChI=1S/C28H28N6O3S/c1-33(2)20-15-13-19(14-16-20)24(27(36)31-17-18-9-5-3-6-10-18)34(21-11-7-4-8-12-21)28(37)25-22(29)23(26(30)35)32-38-25/h3-16,24H,17,29H2,1-2H3,(H2,30,35)(H,31,36). The third kappa shape index (κ3) is 5.65. The van der Waals surface area contributed by atoms with Crippen LogP contribution in [0.4, 0.5) is 17.1 Å². The summed E-state index contributed by atoms with van der Waals surface area (Å²) in [5, 5.41) is 2.97. The third-order valence-electron chi connectivity index (χ3n) is 5.95. The summed E-state index contributed by atoms with van der Waals surface area (Å²) in [5.41, 5.74) is 14.1. The molecule has 0 aliphatic carbocycles. The molecule has 9 nitrogen and oxygen atoms in total. The lowest BCUT2D eigenvalue weighted by Crippen LogP contribution is -2.44. The van der Waals surface area contributed by atoms with Crippen molar-refractivity contribution in [3.05, 3.63) is 107 Å². The van der Waals surface area contributed by atoms with Crippen molar-refractivity contribution in [1.29, 1.82) is 0 Å². The van der Waals surface area contributed by atoms with Crippen LogP contribution in [0.25, 0.3) is 0 Å². The van der Waals surface area contributed by atoms with Crippen molar-refractivity contribution < 1.29 is 14.4 Å². The van der Waals surface area contributed by atoms with Crippen LogP contribution in [0.5, 0.6) is 0 Å². The predicted octanol–water partition coefficient (Wildman–Crippen LogP) is 3.59. The molecule has 1 atom stereocenters. The molecule has 0 bridgehead atoms. The number of rotatable bonds is 9.